The zero-order chi connectivity index (χ0) is 16.4. The molecule has 0 bridgehead atoms. The lowest BCUT2D eigenvalue weighted by atomic mass is 10.2. The Kier molecular flexibility index (Phi) is 4.21. The number of benzene rings is 1. The Bertz CT molecular complexity index is 827. The molecule has 0 saturated carbocycles. The number of fused-ring (bicyclic) bond motifs is 1. The van der Waals surface area contributed by atoms with E-state index in [2.05, 4.69) is 5.10 Å². The van der Waals surface area contributed by atoms with Crippen LogP contribution in [0, 0.1) is 6.92 Å². The standard InChI is InChI=1S/C16H19N3O3S/c1-13-11-17-18(12-13)9-5-2-6-10-19-16(20)14-7-3-4-8-15(14)23(19,21)22/h3-4,7-8,11-12H,2,5-6,9-10H2,1H3. The van der Waals surface area contributed by atoms with Gasteiger partial charge in [-0.2, -0.15) is 5.10 Å². The second kappa shape index (κ2) is 6.16. The van der Waals surface area contributed by atoms with Gasteiger partial charge in [0.05, 0.1) is 11.8 Å². The predicted molar refractivity (Wildman–Crippen MR) is 85.5 cm³/mol. The number of sulfonamides is 1. The van der Waals surface area contributed by atoms with Gasteiger partial charge in [-0.15, -0.1) is 0 Å². The normalized spacial score (nSPS) is 15.9. The van der Waals surface area contributed by atoms with Gasteiger partial charge in [0.15, 0.2) is 0 Å². The maximum atomic E-state index is 12.4. The van der Waals surface area contributed by atoms with E-state index in [-0.39, 0.29) is 17.0 Å². The number of hydrogen-bond donors (Lipinski definition) is 0. The lowest BCUT2D eigenvalue weighted by Gasteiger charge is -2.14. The fraction of sp³-hybridized carbons (Fsp3) is 0.375. The van der Waals surface area contributed by atoms with E-state index >= 15 is 0 Å². The number of carbonyl (C=O) groups excluding carboxylic acids is 1. The molecule has 0 radical (unpaired) electrons. The van der Waals surface area contributed by atoms with Crippen molar-refractivity contribution in [3.05, 3.63) is 47.8 Å². The van der Waals surface area contributed by atoms with E-state index in [9.17, 15) is 13.2 Å². The van der Waals surface area contributed by atoms with E-state index in [1.165, 1.54) is 6.07 Å². The summed E-state index contributed by atoms with van der Waals surface area (Å²) in [5.74, 6) is -0.414. The zero-order valence-corrected chi connectivity index (χ0v) is 13.8. The summed E-state index contributed by atoms with van der Waals surface area (Å²) >= 11 is 0. The highest BCUT2D eigenvalue weighted by Gasteiger charge is 2.40. The summed E-state index contributed by atoms with van der Waals surface area (Å²) < 4.78 is 27.6. The van der Waals surface area contributed by atoms with Crippen molar-refractivity contribution in [2.24, 2.45) is 0 Å². The minimum Gasteiger partial charge on any atom is -0.272 e. The first-order chi connectivity index (χ1) is 11.0. The highest BCUT2D eigenvalue weighted by molar-refractivity contribution is 7.90. The molecule has 0 spiro atoms. The summed E-state index contributed by atoms with van der Waals surface area (Å²) in [4.78, 5) is 12.4. The lowest BCUT2D eigenvalue weighted by Crippen LogP contribution is -2.31. The minimum atomic E-state index is -3.67. The smallest absolute Gasteiger partial charge is 0.269 e. The Hall–Kier alpha value is -2.15. The van der Waals surface area contributed by atoms with E-state index in [1.54, 1.807) is 18.2 Å². The molecule has 2 heterocycles. The van der Waals surface area contributed by atoms with Crippen molar-refractivity contribution >= 4 is 15.9 Å². The molecule has 1 amide bonds. The number of rotatable bonds is 6. The van der Waals surface area contributed by atoms with Crippen molar-refractivity contribution in [2.75, 3.05) is 6.54 Å². The van der Waals surface area contributed by atoms with E-state index < -0.39 is 15.9 Å². The fourth-order valence-electron chi connectivity index (χ4n) is 2.75. The van der Waals surface area contributed by atoms with Gasteiger partial charge in [0.2, 0.25) is 0 Å². The molecule has 0 saturated heterocycles. The lowest BCUT2D eigenvalue weighted by molar-refractivity contribution is 0.0869. The Labute approximate surface area is 135 Å². The molecule has 1 aliphatic heterocycles. The van der Waals surface area contributed by atoms with Crippen LogP contribution < -0.4 is 0 Å². The molecule has 1 aliphatic rings. The molecule has 2 aromatic rings. The third-order valence-electron chi connectivity index (χ3n) is 3.92. The van der Waals surface area contributed by atoms with Crippen molar-refractivity contribution in [1.82, 2.24) is 14.1 Å². The predicted octanol–water partition coefficient (Wildman–Crippen LogP) is 2.21. The first kappa shape index (κ1) is 15.7. The largest absolute Gasteiger partial charge is 0.272 e. The van der Waals surface area contributed by atoms with Gasteiger partial charge in [-0.1, -0.05) is 12.1 Å². The van der Waals surface area contributed by atoms with E-state index in [0.29, 0.717) is 6.42 Å². The molecule has 0 aliphatic carbocycles. The van der Waals surface area contributed by atoms with Crippen LogP contribution in [-0.4, -0.2) is 35.0 Å². The van der Waals surface area contributed by atoms with Gasteiger partial charge in [0.1, 0.15) is 4.90 Å². The highest BCUT2D eigenvalue weighted by Crippen LogP contribution is 2.30. The molecule has 0 atom stereocenters. The fourth-order valence-corrected chi connectivity index (χ4v) is 4.35. The van der Waals surface area contributed by atoms with Gasteiger partial charge in [-0.25, -0.2) is 12.7 Å². The third-order valence-corrected chi connectivity index (χ3v) is 5.76. The van der Waals surface area contributed by atoms with E-state index in [1.807, 2.05) is 24.0 Å². The quantitative estimate of drug-likeness (QED) is 0.760. The SMILES string of the molecule is Cc1cnn(CCCCCN2C(=O)c3ccccc3S2(=O)=O)c1. The number of aromatic nitrogens is 2. The molecule has 3 rings (SSSR count). The van der Waals surface area contributed by atoms with Crippen molar-refractivity contribution < 1.29 is 13.2 Å². The second-order valence-electron chi connectivity index (χ2n) is 5.72. The number of amides is 1. The molecule has 0 N–H and O–H groups in total. The molecule has 0 unspecified atom stereocenters. The first-order valence-electron chi connectivity index (χ1n) is 7.65. The average molecular weight is 333 g/mol. The van der Waals surface area contributed by atoms with Crippen LogP contribution in [-0.2, 0) is 16.6 Å². The van der Waals surface area contributed by atoms with Crippen molar-refractivity contribution in [1.29, 1.82) is 0 Å². The molecular formula is C16H19N3O3S. The average Bonchev–Trinajstić information content (AvgIpc) is 3.02. The molecular weight excluding hydrogens is 314 g/mol. The molecule has 23 heavy (non-hydrogen) atoms. The summed E-state index contributed by atoms with van der Waals surface area (Å²) in [5, 5.41) is 4.21. The monoisotopic (exact) mass is 333 g/mol. The minimum absolute atomic E-state index is 0.122. The summed E-state index contributed by atoms with van der Waals surface area (Å²) in [6.07, 6.45) is 6.18. The molecule has 1 aromatic heterocycles. The van der Waals surface area contributed by atoms with Gasteiger partial charge >= 0.3 is 0 Å². The number of carbonyl (C=O) groups is 1. The topological polar surface area (TPSA) is 72.3 Å². The van der Waals surface area contributed by atoms with E-state index in [0.717, 1.165) is 29.3 Å². The van der Waals surface area contributed by atoms with Gasteiger partial charge < -0.3 is 0 Å². The van der Waals surface area contributed by atoms with Crippen LogP contribution in [0.1, 0.15) is 35.2 Å². The Morgan fingerprint density at radius 1 is 1.09 bits per heavy atom. The maximum absolute atomic E-state index is 12.4. The van der Waals surface area contributed by atoms with Crippen molar-refractivity contribution in [3.8, 4) is 0 Å². The summed E-state index contributed by atoms with van der Waals surface area (Å²) in [6.45, 7) is 3.02. The zero-order valence-electron chi connectivity index (χ0n) is 13.0. The number of unbranched alkanes of at least 4 members (excludes halogenated alkanes) is 2. The van der Waals surface area contributed by atoms with Crippen molar-refractivity contribution in [2.45, 2.75) is 37.6 Å². The molecule has 0 fully saturated rings. The van der Waals surface area contributed by atoms with Crippen molar-refractivity contribution in [3.63, 3.8) is 0 Å². The van der Waals surface area contributed by atoms with Crippen LogP contribution in [0.5, 0.6) is 0 Å². The van der Waals surface area contributed by atoms with Gasteiger partial charge in [0, 0.05) is 19.3 Å². The Morgan fingerprint density at radius 2 is 1.83 bits per heavy atom. The first-order valence-corrected chi connectivity index (χ1v) is 9.09. The molecule has 122 valence electrons. The Morgan fingerprint density at radius 3 is 2.52 bits per heavy atom. The van der Waals surface area contributed by atoms with Crippen LogP contribution in [0.25, 0.3) is 0 Å². The number of hydrogen-bond acceptors (Lipinski definition) is 4. The Balaban J connectivity index is 1.54. The molecule has 6 nitrogen and oxygen atoms in total. The highest BCUT2D eigenvalue weighted by atomic mass is 32.2. The van der Waals surface area contributed by atoms with E-state index in [4.69, 9.17) is 0 Å². The third kappa shape index (κ3) is 3.01. The van der Waals surface area contributed by atoms with Crippen LogP contribution in [0.3, 0.4) is 0 Å². The van der Waals surface area contributed by atoms with Gasteiger partial charge in [-0.3, -0.25) is 9.48 Å². The van der Waals surface area contributed by atoms with Gasteiger partial charge in [0.25, 0.3) is 15.9 Å². The van der Waals surface area contributed by atoms with Crippen LogP contribution >= 0.6 is 0 Å². The summed E-state index contributed by atoms with van der Waals surface area (Å²) in [7, 11) is -3.67. The van der Waals surface area contributed by atoms with Crippen LogP contribution in [0.15, 0.2) is 41.6 Å². The van der Waals surface area contributed by atoms with Crippen LogP contribution in [0.4, 0.5) is 0 Å². The summed E-state index contributed by atoms with van der Waals surface area (Å²) in [5.41, 5.74) is 1.40. The summed E-state index contributed by atoms with van der Waals surface area (Å²) in [6, 6.07) is 6.37. The number of aryl methyl sites for hydroxylation is 2. The van der Waals surface area contributed by atoms with Gasteiger partial charge in [-0.05, 0) is 43.9 Å². The van der Waals surface area contributed by atoms with Crippen LogP contribution in [0.2, 0.25) is 0 Å². The molecule has 1 aromatic carbocycles. The molecule has 7 heteroatoms. The number of nitrogens with zero attached hydrogens (tertiary/aromatic N) is 3. The maximum Gasteiger partial charge on any atom is 0.269 e. The second-order valence-corrected chi connectivity index (χ2v) is 7.55.